The van der Waals surface area contributed by atoms with Gasteiger partial charge in [-0.05, 0) is 44.7 Å². The van der Waals surface area contributed by atoms with Crippen LogP contribution in [-0.2, 0) is 15.1 Å². The van der Waals surface area contributed by atoms with Gasteiger partial charge in [-0.15, -0.1) is 0 Å². The van der Waals surface area contributed by atoms with E-state index < -0.39 is 5.60 Å². The van der Waals surface area contributed by atoms with Crippen LogP contribution in [0.4, 0.5) is 0 Å². The minimum absolute atomic E-state index is 0.00393. The molecule has 146 valence electrons. The molecular formula is C21H29N3O3. The van der Waals surface area contributed by atoms with Gasteiger partial charge in [0.1, 0.15) is 5.60 Å². The molecule has 2 aliphatic heterocycles. The maximum atomic E-state index is 12.7. The van der Waals surface area contributed by atoms with E-state index in [0.29, 0.717) is 5.56 Å². The number of fused-ring (bicyclic) bond motifs is 2. The minimum Gasteiger partial charge on any atom is -0.451 e. The second-order valence-corrected chi connectivity index (χ2v) is 8.01. The molecule has 4 rings (SSSR count). The lowest BCUT2D eigenvalue weighted by molar-refractivity contribution is -0.133. The van der Waals surface area contributed by atoms with Crippen LogP contribution in [-0.4, -0.2) is 54.5 Å². The maximum absolute atomic E-state index is 12.7. The summed E-state index contributed by atoms with van der Waals surface area (Å²) in [6, 6.07) is 7.66. The van der Waals surface area contributed by atoms with Gasteiger partial charge in [-0.2, -0.15) is 0 Å². The lowest BCUT2D eigenvalue weighted by Gasteiger charge is -2.38. The van der Waals surface area contributed by atoms with Crippen LogP contribution in [0.25, 0.3) is 0 Å². The van der Waals surface area contributed by atoms with Gasteiger partial charge in [-0.25, -0.2) is 9.80 Å². The zero-order valence-electron chi connectivity index (χ0n) is 16.1. The van der Waals surface area contributed by atoms with Gasteiger partial charge in [0.2, 0.25) is 5.91 Å². The topological polar surface area (TPSA) is 61.9 Å². The average molecular weight is 371 g/mol. The van der Waals surface area contributed by atoms with Gasteiger partial charge in [-0.1, -0.05) is 25.1 Å². The number of benzene rings is 1. The van der Waals surface area contributed by atoms with Crippen molar-refractivity contribution in [3.8, 4) is 0 Å². The van der Waals surface area contributed by atoms with E-state index in [4.69, 9.17) is 4.74 Å². The monoisotopic (exact) mass is 371 g/mol. The van der Waals surface area contributed by atoms with E-state index in [0.717, 1.165) is 64.0 Å². The van der Waals surface area contributed by atoms with Crippen molar-refractivity contribution < 1.29 is 14.3 Å². The maximum Gasteiger partial charge on any atom is 0.339 e. The van der Waals surface area contributed by atoms with Crippen LogP contribution in [0.5, 0.6) is 0 Å². The molecule has 1 saturated heterocycles. The van der Waals surface area contributed by atoms with Crippen molar-refractivity contribution in [2.75, 3.05) is 32.7 Å². The number of nitrogens with one attached hydrogen (secondary N) is 1. The lowest BCUT2D eigenvalue weighted by atomic mass is 9.75. The highest BCUT2D eigenvalue weighted by molar-refractivity contribution is 5.94. The van der Waals surface area contributed by atoms with Crippen molar-refractivity contribution in [2.45, 2.75) is 44.6 Å². The number of piperazine rings is 1. The molecule has 2 fully saturated rings. The normalized spacial score (nSPS) is 28.8. The first-order valence-corrected chi connectivity index (χ1v) is 10.2. The third-order valence-corrected chi connectivity index (χ3v) is 6.27. The van der Waals surface area contributed by atoms with Gasteiger partial charge in [0.05, 0.1) is 5.56 Å². The van der Waals surface area contributed by atoms with Crippen LogP contribution >= 0.6 is 0 Å². The Kier molecular flexibility index (Phi) is 5.19. The van der Waals surface area contributed by atoms with Crippen LogP contribution < -0.4 is 5.43 Å². The second kappa shape index (κ2) is 7.60. The van der Waals surface area contributed by atoms with Gasteiger partial charge in [0, 0.05) is 37.7 Å². The SMILES string of the molecule is CCCN1CCN(NC(=O)C2CCC3(CC2)OC(=O)c2ccccc23)CC1. The zero-order chi connectivity index (χ0) is 18.9. The van der Waals surface area contributed by atoms with Crippen molar-refractivity contribution in [3.63, 3.8) is 0 Å². The standard InChI is InChI=1S/C21H29N3O3/c1-2-11-23-12-14-24(15-13-23)22-19(25)16-7-9-21(10-8-16)18-6-4-3-5-17(18)20(26)27-21/h3-6,16H,2,7-15H2,1H3,(H,22,25). The molecule has 1 aromatic carbocycles. The summed E-state index contributed by atoms with van der Waals surface area (Å²) >= 11 is 0. The summed E-state index contributed by atoms with van der Waals surface area (Å²) in [5.41, 5.74) is 4.29. The smallest absolute Gasteiger partial charge is 0.339 e. The number of hydrogen-bond acceptors (Lipinski definition) is 5. The Morgan fingerprint density at radius 3 is 2.59 bits per heavy atom. The minimum atomic E-state index is -0.518. The molecule has 0 bridgehead atoms. The van der Waals surface area contributed by atoms with Crippen molar-refractivity contribution >= 4 is 11.9 Å². The fourth-order valence-electron chi connectivity index (χ4n) is 4.71. The summed E-state index contributed by atoms with van der Waals surface area (Å²) in [5.74, 6) is -0.111. The number of carbonyl (C=O) groups excluding carboxylic acids is 2. The highest BCUT2D eigenvalue weighted by Crippen LogP contribution is 2.48. The second-order valence-electron chi connectivity index (χ2n) is 8.01. The first-order valence-electron chi connectivity index (χ1n) is 10.2. The summed E-state index contributed by atoms with van der Waals surface area (Å²) in [6.45, 7) is 7.11. The van der Waals surface area contributed by atoms with Crippen LogP contribution in [0.15, 0.2) is 24.3 Å². The number of hydrazine groups is 1. The Bertz CT molecular complexity index is 704. The van der Waals surface area contributed by atoms with Gasteiger partial charge in [-0.3, -0.25) is 10.2 Å². The van der Waals surface area contributed by atoms with E-state index in [-0.39, 0.29) is 17.8 Å². The summed E-state index contributed by atoms with van der Waals surface area (Å²) in [7, 11) is 0. The van der Waals surface area contributed by atoms with Crippen LogP contribution in [0, 0.1) is 5.92 Å². The van der Waals surface area contributed by atoms with E-state index in [1.54, 1.807) is 0 Å². The Hall–Kier alpha value is -1.92. The quantitative estimate of drug-likeness (QED) is 0.823. The Morgan fingerprint density at radius 2 is 1.89 bits per heavy atom. The molecule has 6 nitrogen and oxygen atoms in total. The number of ether oxygens (including phenoxy) is 1. The first-order chi connectivity index (χ1) is 13.1. The largest absolute Gasteiger partial charge is 0.451 e. The highest BCUT2D eigenvalue weighted by atomic mass is 16.6. The number of esters is 1. The van der Waals surface area contributed by atoms with Gasteiger partial charge in [0.15, 0.2) is 0 Å². The van der Waals surface area contributed by atoms with Crippen LogP contribution in [0.2, 0.25) is 0 Å². The third-order valence-electron chi connectivity index (χ3n) is 6.27. The van der Waals surface area contributed by atoms with E-state index in [9.17, 15) is 9.59 Å². The van der Waals surface area contributed by atoms with Crippen molar-refractivity contribution in [1.29, 1.82) is 0 Å². The van der Waals surface area contributed by atoms with Crippen LogP contribution in [0.3, 0.4) is 0 Å². The fraction of sp³-hybridized carbons (Fsp3) is 0.619. The molecule has 1 aromatic rings. The van der Waals surface area contributed by atoms with Gasteiger partial charge in [0.25, 0.3) is 0 Å². The molecule has 0 atom stereocenters. The lowest BCUT2D eigenvalue weighted by Crippen LogP contribution is -2.55. The van der Waals surface area contributed by atoms with Crippen LogP contribution in [0.1, 0.15) is 54.9 Å². The number of rotatable bonds is 4. The van der Waals surface area contributed by atoms with E-state index in [1.165, 1.54) is 6.42 Å². The molecule has 1 aliphatic carbocycles. The molecule has 1 saturated carbocycles. The Balaban J connectivity index is 1.31. The highest BCUT2D eigenvalue weighted by Gasteiger charge is 2.48. The number of nitrogens with zero attached hydrogens (tertiary/aromatic N) is 2. The summed E-state index contributed by atoms with van der Waals surface area (Å²) in [5, 5.41) is 2.06. The number of carbonyl (C=O) groups is 2. The average Bonchev–Trinajstić information content (AvgIpc) is 2.96. The molecule has 1 amide bonds. The van der Waals surface area contributed by atoms with Gasteiger partial charge >= 0.3 is 5.97 Å². The van der Waals surface area contributed by atoms with E-state index >= 15 is 0 Å². The van der Waals surface area contributed by atoms with Crippen molar-refractivity contribution in [2.24, 2.45) is 5.92 Å². The molecule has 27 heavy (non-hydrogen) atoms. The molecule has 0 radical (unpaired) electrons. The Labute approximate surface area is 160 Å². The van der Waals surface area contributed by atoms with Crippen molar-refractivity contribution in [1.82, 2.24) is 15.3 Å². The summed E-state index contributed by atoms with van der Waals surface area (Å²) in [4.78, 5) is 27.3. The molecular weight excluding hydrogens is 342 g/mol. The number of hydrogen-bond donors (Lipinski definition) is 1. The summed E-state index contributed by atoms with van der Waals surface area (Å²) < 4.78 is 5.79. The fourth-order valence-corrected chi connectivity index (χ4v) is 4.71. The third kappa shape index (κ3) is 3.60. The molecule has 6 heteroatoms. The number of amides is 1. The predicted molar refractivity (Wildman–Crippen MR) is 102 cm³/mol. The predicted octanol–water partition coefficient (Wildman–Crippen LogP) is 2.30. The molecule has 3 aliphatic rings. The molecule has 2 heterocycles. The molecule has 0 unspecified atom stereocenters. The van der Waals surface area contributed by atoms with E-state index in [1.807, 2.05) is 24.3 Å². The Morgan fingerprint density at radius 1 is 1.19 bits per heavy atom. The summed E-state index contributed by atoms with van der Waals surface area (Å²) in [6.07, 6.45) is 4.12. The zero-order valence-corrected chi connectivity index (χ0v) is 16.1. The first kappa shape index (κ1) is 18.4. The molecule has 1 spiro atoms. The molecule has 0 aromatic heterocycles. The van der Waals surface area contributed by atoms with Gasteiger partial charge < -0.3 is 9.64 Å². The van der Waals surface area contributed by atoms with E-state index in [2.05, 4.69) is 22.3 Å². The molecule has 1 N–H and O–H groups in total. The van der Waals surface area contributed by atoms with Crippen molar-refractivity contribution in [3.05, 3.63) is 35.4 Å².